The van der Waals surface area contributed by atoms with Crippen LogP contribution in [0.2, 0.25) is 0 Å². The van der Waals surface area contributed by atoms with Gasteiger partial charge >= 0.3 is 0 Å². The van der Waals surface area contributed by atoms with E-state index in [1.54, 1.807) is 30.5 Å². The van der Waals surface area contributed by atoms with Crippen LogP contribution in [0, 0.1) is 6.92 Å². The number of aryl methyl sites for hydroxylation is 1. The molecule has 7 nitrogen and oxygen atoms in total. The van der Waals surface area contributed by atoms with Crippen molar-refractivity contribution in [3.8, 4) is 5.75 Å². The van der Waals surface area contributed by atoms with E-state index in [9.17, 15) is 8.42 Å². The number of aromatic nitrogens is 2. The molecule has 0 saturated carbocycles. The monoisotopic (exact) mass is 424 g/mol. The number of rotatable bonds is 6. The molecule has 1 aromatic carbocycles. The minimum absolute atomic E-state index is 0.184. The van der Waals surface area contributed by atoms with Crippen molar-refractivity contribution in [2.45, 2.75) is 30.7 Å². The summed E-state index contributed by atoms with van der Waals surface area (Å²) in [5.74, 6) is 1.09. The van der Waals surface area contributed by atoms with Gasteiger partial charge in [-0.3, -0.25) is 4.98 Å². The molecular formula is C22H24N4O3S. The van der Waals surface area contributed by atoms with Crippen LogP contribution in [0.15, 0.2) is 65.7 Å². The van der Waals surface area contributed by atoms with Crippen LogP contribution in [-0.4, -0.2) is 36.3 Å². The quantitative estimate of drug-likeness (QED) is 0.642. The number of sulfonamides is 1. The predicted molar refractivity (Wildman–Crippen MR) is 115 cm³/mol. The number of pyridine rings is 2. The fourth-order valence-corrected chi connectivity index (χ4v) is 5.55. The Kier molecular flexibility index (Phi) is 5.69. The highest BCUT2D eigenvalue weighted by Gasteiger charge is 2.38. The number of anilines is 2. The number of hydrogen-bond acceptors (Lipinski definition) is 6. The van der Waals surface area contributed by atoms with Crippen LogP contribution < -0.4 is 10.1 Å². The summed E-state index contributed by atoms with van der Waals surface area (Å²) in [6, 6.07) is 15.9. The second kappa shape index (κ2) is 8.41. The van der Waals surface area contributed by atoms with Gasteiger partial charge in [0, 0.05) is 12.2 Å². The van der Waals surface area contributed by atoms with Crippen LogP contribution >= 0.6 is 0 Å². The SMILES string of the molecule is COc1ccccc1S(=O)(=O)N1CCC[C@H]1c1ccc(Nc2cccc(C)n2)cn1. The number of benzene rings is 1. The minimum atomic E-state index is -3.70. The fraction of sp³-hybridized carbons (Fsp3) is 0.273. The Hall–Kier alpha value is -2.97. The number of para-hydroxylation sites is 1. The van der Waals surface area contributed by atoms with Crippen molar-refractivity contribution >= 4 is 21.5 Å². The van der Waals surface area contributed by atoms with E-state index >= 15 is 0 Å². The van der Waals surface area contributed by atoms with E-state index in [2.05, 4.69) is 15.3 Å². The maximum atomic E-state index is 13.3. The third-order valence-electron chi connectivity index (χ3n) is 5.15. The molecule has 8 heteroatoms. The molecule has 2 aromatic heterocycles. The van der Waals surface area contributed by atoms with Gasteiger partial charge in [-0.1, -0.05) is 18.2 Å². The lowest BCUT2D eigenvalue weighted by Crippen LogP contribution is -2.31. The summed E-state index contributed by atoms with van der Waals surface area (Å²) in [4.78, 5) is 9.16. The lowest BCUT2D eigenvalue weighted by molar-refractivity contribution is 0.377. The third kappa shape index (κ3) is 4.01. The average Bonchev–Trinajstić information content (AvgIpc) is 3.25. The van der Waals surface area contributed by atoms with Gasteiger partial charge in [0.1, 0.15) is 16.5 Å². The predicted octanol–water partition coefficient (Wildman–Crippen LogP) is 4.06. The van der Waals surface area contributed by atoms with Crippen molar-refractivity contribution in [2.24, 2.45) is 0 Å². The Labute approximate surface area is 176 Å². The van der Waals surface area contributed by atoms with Gasteiger partial charge in [-0.2, -0.15) is 4.31 Å². The van der Waals surface area contributed by atoms with Gasteiger partial charge in [0.05, 0.1) is 30.7 Å². The molecule has 1 aliphatic heterocycles. The van der Waals surface area contributed by atoms with Crippen LogP contribution in [0.4, 0.5) is 11.5 Å². The van der Waals surface area contributed by atoms with Crippen molar-refractivity contribution in [2.75, 3.05) is 19.0 Å². The third-order valence-corrected chi connectivity index (χ3v) is 7.10. The number of nitrogens with one attached hydrogen (secondary N) is 1. The molecule has 0 spiro atoms. The number of ether oxygens (including phenoxy) is 1. The molecule has 1 N–H and O–H groups in total. The largest absolute Gasteiger partial charge is 0.495 e. The highest BCUT2D eigenvalue weighted by atomic mass is 32.2. The van der Waals surface area contributed by atoms with E-state index in [1.807, 2.05) is 37.3 Å². The maximum Gasteiger partial charge on any atom is 0.247 e. The van der Waals surface area contributed by atoms with E-state index in [0.717, 1.165) is 35.7 Å². The smallest absolute Gasteiger partial charge is 0.247 e. The molecule has 0 amide bonds. The van der Waals surface area contributed by atoms with Gasteiger partial charge in [-0.15, -0.1) is 0 Å². The summed E-state index contributed by atoms with van der Waals surface area (Å²) in [5, 5.41) is 3.22. The van der Waals surface area contributed by atoms with Gasteiger partial charge in [-0.05, 0) is 56.2 Å². The fourth-order valence-electron chi connectivity index (χ4n) is 3.72. The molecule has 1 saturated heterocycles. The van der Waals surface area contributed by atoms with Gasteiger partial charge in [0.25, 0.3) is 0 Å². The Morgan fingerprint density at radius 3 is 2.67 bits per heavy atom. The molecule has 3 heterocycles. The summed E-state index contributed by atoms with van der Waals surface area (Å²) in [6.07, 6.45) is 3.23. The molecule has 1 fully saturated rings. The number of nitrogens with zero attached hydrogens (tertiary/aromatic N) is 3. The molecule has 156 valence electrons. The molecular weight excluding hydrogens is 400 g/mol. The Bertz CT molecular complexity index is 1130. The first-order valence-electron chi connectivity index (χ1n) is 9.80. The normalized spacial score (nSPS) is 17.1. The zero-order chi connectivity index (χ0) is 21.1. The summed E-state index contributed by atoms with van der Waals surface area (Å²) >= 11 is 0. The van der Waals surface area contributed by atoms with E-state index in [0.29, 0.717) is 12.3 Å². The summed E-state index contributed by atoms with van der Waals surface area (Å²) in [6.45, 7) is 2.39. The minimum Gasteiger partial charge on any atom is -0.495 e. The lowest BCUT2D eigenvalue weighted by Gasteiger charge is -2.24. The lowest BCUT2D eigenvalue weighted by atomic mass is 10.1. The molecule has 0 radical (unpaired) electrons. The Morgan fingerprint density at radius 2 is 1.93 bits per heavy atom. The number of methoxy groups -OCH3 is 1. The second-order valence-electron chi connectivity index (χ2n) is 7.19. The number of hydrogen-bond donors (Lipinski definition) is 1. The van der Waals surface area contributed by atoms with Crippen LogP contribution in [0.3, 0.4) is 0 Å². The Morgan fingerprint density at radius 1 is 1.10 bits per heavy atom. The summed E-state index contributed by atoms with van der Waals surface area (Å²) in [5.41, 5.74) is 2.45. The summed E-state index contributed by atoms with van der Waals surface area (Å²) in [7, 11) is -2.22. The molecule has 1 atom stereocenters. The zero-order valence-corrected chi connectivity index (χ0v) is 17.8. The molecule has 3 aromatic rings. The average molecular weight is 425 g/mol. The zero-order valence-electron chi connectivity index (χ0n) is 16.9. The van der Waals surface area contributed by atoms with Crippen molar-refractivity contribution in [1.82, 2.24) is 14.3 Å². The first-order valence-corrected chi connectivity index (χ1v) is 11.2. The highest BCUT2D eigenvalue weighted by Crippen LogP contribution is 2.38. The Balaban J connectivity index is 1.57. The van der Waals surface area contributed by atoms with Crippen LogP contribution in [-0.2, 0) is 10.0 Å². The first kappa shape index (κ1) is 20.3. The summed E-state index contributed by atoms with van der Waals surface area (Å²) < 4.78 is 33.5. The topological polar surface area (TPSA) is 84.4 Å². The molecule has 1 aliphatic rings. The van der Waals surface area contributed by atoms with Gasteiger partial charge in [-0.25, -0.2) is 13.4 Å². The van der Waals surface area contributed by atoms with Crippen molar-refractivity contribution in [3.63, 3.8) is 0 Å². The molecule has 4 rings (SSSR count). The van der Waals surface area contributed by atoms with Gasteiger partial charge in [0.15, 0.2) is 0 Å². The maximum absolute atomic E-state index is 13.3. The van der Waals surface area contributed by atoms with E-state index in [1.165, 1.54) is 11.4 Å². The van der Waals surface area contributed by atoms with E-state index in [-0.39, 0.29) is 10.9 Å². The van der Waals surface area contributed by atoms with Gasteiger partial charge < -0.3 is 10.1 Å². The van der Waals surface area contributed by atoms with Gasteiger partial charge in [0.2, 0.25) is 10.0 Å². The van der Waals surface area contributed by atoms with E-state index < -0.39 is 10.0 Å². The highest BCUT2D eigenvalue weighted by molar-refractivity contribution is 7.89. The molecule has 0 aliphatic carbocycles. The second-order valence-corrected chi connectivity index (χ2v) is 9.04. The molecule has 30 heavy (non-hydrogen) atoms. The van der Waals surface area contributed by atoms with E-state index in [4.69, 9.17) is 4.74 Å². The first-order chi connectivity index (χ1) is 14.5. The van der Waals surface area contributed by atoms with Crippen LogP contribution in [0.1, 0.15) is 30.3 Å². The van der Waals surface area contributed by atoms with Crippen LogP contribution in [0.5, 0.6) is 5.75 Å². The van der Waals surface area contributed by atoms with Crippen LogP contribution in [0.25, 0.3) is 0 Å². The van der Waals surface area contributed by atoms with Crippen molar-refractivity contribution < 1.29 is 13.2 Å². The van der Waals surface area contributed by atoms with Crippen molar-refractivity contribution in [1.29, 1.82) is 0 Å². The standard InChI is InChI=1S/C22H24N4O3S/c1-16-7-5-11-22(24-16)25-17-12-13-18(23-15-17)19-8-6-14-26(19)30(27,28)21-10-4-3-9-20(21)29-2/h3-5,7,9-13,15,19H,6,8,14H2,1-2H3,(H,24,25)/t19-/m0/s1. The molecule has 0 bridgehead atoms. The molecule has 0 unspecified atom stereocenters. The van der Waals surface area contributed by atoms with Crippen molar-refractivity contribution in [3.05, 3.63) is 72.2 Å².